The summed E-state index contributed by atoms with van der Waals surface area (Å²) in [5.41, 5.74) is 6.99. The number of aliphatic hydroxyl groups excluding tert-OH is 1. The number of aliphatic hydroxyl groups is 1. The molecule has 0 saturated heterocycles. The molecule has 1 aliphatic rings. The van der Waals surface area contributed by atoms with Crippen LogP contribution < -0.4 is 11.1 Å². The molecular formula is C19H27N3O5S. The van der Waals surface area contributed by atoms with E-state index in [1.54, 1.807) is 18.2 Å². The molecule has 1 aromatic carbocycles. The number of sulfone groups is 1. The predicted octanol–water partition coefficient (Wildman–Crippen LogP) is 1.30. The van der Waals surface area contributed by atoms with Crippen molar-refractivity contribution in [2.75, 3.05) is 11.5 Å². The van der Waals surface area contributed by atoms with E-state index in [9.17, 15) is 18.3 Å². The van der Waals surface area contributed by atoms with E-state index >= 15 is 0 Å². The fourth-order valence-corrected chi connectivity index (χ4v) is 5.05. The zero-order valence-electron chi connectivity index (χ0n) is 15.9. The van der Waals surface area contributed by atoms with Gasteiger partial charge in [0.15, 0.2) is 21.5 Å². The second-order valence-electron chi connectivity index (χ2n) is 7.50. The Morgan fingerprint density at radius 3 is 2.75 bits per heavy atom. The van der Waals surface area contributed by atoms with Crippen LogP contribution >= 0.6 is 0 Å². The van der Waals surface area contributed by atoms with Crippen molar-refractivity contribution in [1.29, 1.82) is 0 Å². The molecule has 2 aromatic rings. The Kier molecular flexibility index (Phi) is 6.36. The van der Waals surface area contributed by atoms with Gasteiger partial charge in [-0.2, -0.15) is 0 Å². The molecule has 0 bridgehead atoms. The van der Waals surface area contributed by atoms with Gasteiger partial charge in [0, 0.05) is 0 Å². The number of para-hydroxylation sites is 2. The number of oxazole rings is 1. The lowest BCUT2D eigenvalue weighted by molar-refractivity contribution is -0.123. The molecule has 4 N–H and O–H groups in total. The smallest absolute Gasteiger partial charge is 0.238 e. The average molecular weight is 410 g/mol. The molecule has 1 fully saturated rings. The van der Waals surface area contributed by atoms with Crippen molar-refractivity contribution in [3.63, 3.8) is 0 Å². The van der Waals surface area contributed by atoms with Crippen LogP contribution in [0.2, 0.25) is 0 Å². The maximum atomic E-state index is 12.5. The Morgan fingerprint density at radius 2 is 2.11 bits per heavy atom. The quantitative estimate of drug-likeness (QED) is 0.538. The third-order valence-corrected chi connectivity index (χ3v) is 6.67. The second kappa shape index (κ2) is 8.59. The lowest BCUT2D eigenvalue weighted by Crippen LogP contribution is -2.50. The van der Waals surface area contributed by atoms with Crippen LogP contribution in [0.15, 0.2) is 28.7 Å². The van der Waals surface area contributed by atoms with Gasteiger partial charge in [-0.05, 0) is 37.3 Å². The van der Waals surface area contributed by atoms with Crippen LogP contribution in [0.3, 0.4) is 0 Å². The van der Waals surface area contributed by atoms with Gasteiger partial charge in [0.05, 0.1) is 23.6 Å². The molecule has 1 unspecified atom stereocenters. The molecule has 3 rings (SSSR count). The van der Waals surface area contributed by atoms with E-state index in [0.717, 1.165) is 12.8 Å². The lowest BCUT2D eigenvalue weighted by Gasteiger charge is -2.23. The number of nitrogens with one attached hydrogen (secondary N) is 1. The van der Waals surface area contributed by atoms with Crippen molar-refractivity contribution in [3.8, 4) is 0 Å². The number of nitrogens with zero attached hydrogens (tertiary/aromatic N) is 1. The summed E-state index contributed by atoms with van der Waals surface area (Å²) in [6, 6.07) is 5.26. The van der Waals surface area contributed by atoms with Crippen molar-refractivity contribution < 1.29 is 22.7 Å². The fraction of sp³-hybridized carbons (Fsp3) is 0.579. The van der Waals surface area contributed by atoms with E-state index in [-0.39, 0.29) is 17.6 Å². The minimum atomic E-state index is -3.38. The molecule has 1 aliphatic carbocycles. The molecule has 1 amide bonds. The van der Waals surface area contributed by atoms with Crippen LogP contribution in [0.4, 0.5) is 0 Å². The van der Waals surface area contributed by atoms with Crippen molar-refractivity contribution in [1.82, 2.24) is 10.3 Å². The first-order chi connectivity index (χ1) is 13.3. The molecule has 154 valence electrons. The highest BCUT2D eigenvalue weighted by molar-refractivity contribution is 7.91. The zero-order valence-corrected chi connectivity index (χ0v) is 16.7. The Hall–Kier alpha value is -1.97. The van der Waals surface area contributed by atoms with Gasteiger partial charge < -0.3 is 20.6 Å². The Bertz CT molecular complexity index is 890. The number of nitrogens with two attached hydrogens (primary N) is 1. The first-order valence-corrected chi connectivity index (χ1v) is 11.4. The van der Waals surface area contributed by atoms with Crippen molar-refractivity contribution in [2.24, 2.45) is 11.7 Å². The molecule has 1 aromatic heterocycles. The van der Waals surface area contributed by atoms with Gasteiger partial charge >= 0.3 is 0 Å². The number of fused-ring (bicyclic) bond motifs is 1. The van der Waals surface area contributed by atoms with Gasteiger partial charge in [-0.15, -0.1) is 0 Å². The van der Waals surface area contributed by atoms with Gasteiger partial charge in [0.2, 0.25) is 11.8 Å². The van der Waals surface area contributed by atoms with Gasteiger partial charge in [0.1, 0.15) is 5.52 Å². The normalized spacial score (nSPS) is 18.0. The number of hydrogen-bond acceptors (Lipinski definition) is 7. The van der Waals surface area contributed by atoms with Gasteiger partial charge in [-0.1, -0.05) is 25.5 Å². The molecule has 3 atom stereocenters. The molecule has 0 aliphatic heterocycles. The highest BCUT2D eigenvalue weighted by Gasteiger charge is 2.32. The summed E-state index contributed by atoms with van der Waals surface area (Å²) >= 11 is 0. The van der Waals surface area contributed by atoms with Crippen LogP contribution in [0.5, 0.6) is 0 Å². The number of amides is 1. The van der Waals surface area contributed by atoms with E-state index in [2.05, 4.69) is 10.3 Å². The first kappa shape index (κ1) is 20.8. The minimum Gasteiger partial charge on any atom is -0.438 e. The van der Waals surface area contributed by atoms with Gasteiger partial charge in [-0.25, -0.2) is 13.4 Å². The van der Waals surface area contributed by atoms with E-state index in [4.69, 9.17) is 10.2 Å². The number of carbonyl (C=O) groups is 1. The number of benzene rings is 1. The molecule has 1 heterocycles. The summed E-state index contributed by atoms with van der Waals surface area (Å²) < 4.78 is 29.8. The molecule has 1 saturated carbocycles. The summed E-state index contributed by atoms with van der Waals surface area (Å²) in [6.07, 6.45) is 1.82. The van der Waals surface area contributed by atoms with Gasteiger partial charge in [0.25, 0.3) is 0 Å². The maximum absolute atomic E-state index is 12.5. The SMILES string of the molecule is CCC[C@H](NC(=O)[C@@H](N)CS(=O)(=O)CC1CC1)C(O)c1nc2ccccc2o1. The Morgan fingerprint density at radius 1 is 1.39 bits per heavy atom. The van der Waals surface area contributed by atoms with Crippen LogP contribution in [0, 0.1) is 5.92 Å². The largest absolute Gasteiger partial charge is 0.438 e. The zero-order chi connectivity index (χ0) is 20.3. The first-order valence-electron chi connectivity index (χ1n) is 9.59. The summed E-state index contributed by atoms with van der Waals surface area (Å²) in [5, 5.41) is 13.3. The molecule has 0 radical (unpaired) electrons. The van der Waals surface area contributed by atoms with Crippen LogP contribution in [-0.2, 0) is 14.6 Å². The summed E-state index contributed by atoms with van der Waals surface area (Å²) in [7, 11) is -3.38. The predicted molar refractivity (Wildman–Crippen MR) is 105 cm³/mol. The fourth-order valence-electron chi connectivity index (χ4n) is 3.16. The number of carbonyl (C=O) groups excluding carboxylic acids is 1. The van der Waals surface area contributed by atoms with Crippen LogP contribution in [0.1, 0.15) is 44.6 Å². The summed E-state index contributed by atoms with van der Waals surface area (Å²) in [6.45, 7) is 1.91. The molecule has 28 heavy (non-hydrogen) atoms. The van der Waals surface area contributed by atoms with Gasteiger partial charge in [-0.3, -0.25) is 4.79 Å². The Labute approximate surface area is 164 Å². The standard InChI is InChI=1S/C19H27N3O5S/c1-2-5-15(17(23)19-22-14-6-3-4-7-16(14)27-19)21-18(24)13(20)11-28(25,26)10-12-8-9-12/h3-4,6-7,12-13,15,17,23H,2,5,8-11,20H2,1H3,(H,21,24)/t13-,15-,17?/m0/s1. The summed E-state index contributed by atoms with van der Waals surface area (Å²) in [5.74, 6) is -0.609. The van der Waals surface area contributed by atoms with E-state index in [1.807, 2.05) is 13.0 Å². The molecule has 9 heteroatoms. The van der Waals surface area contributed by atoms with E-state index in [0.29, 0.717) is 23.9 Å². The monoisotopic (exact) mass is 409 g/mol. The number of aromatic nitrogens is 1. The minimum absolute atomic E-state index is 0.0812. The Balaban J connectivity index is 1.66. The average Bonchev–Trinajstić information content (AvgIpc) is 3.33. The third-order valence-electron chi connectivity index (χ3n) is 4.83. The molecular weight excluding hydrogens is 382 g/mol. The maximum Gasteiger partial charge on any atom is 0.238 e. The lowest BCUT2D eigenvalue weighted by atomic mass is 10.1. The summed E-state index contributed by atoms with van der Waals surface area (Å²) in [4.78, 5) is 16.7. The highest BCUT2D eigenvalue weighted by Crippen LogP contribution is 2.30. The van der Waals surface area contributed by atoms with Crippen molar-refractivity contribution in [3.05, 3.63) is 30.2 Å². The van der Waals surface area contributed by atoms with Crippen LogP contribution in [-0.4, -0.2) is 48.0 Å². The molecule has 8 nitrogen and oxygen atoms in total. The number of hydrogen-bond donors (Lipinski definition) is 3. The third kappa shape index (κ3) is 5.30. The van der Waals surface area contributed by atoms with Crippen molar-refractivity contribution >= 4 is 26.8 Å². The van der Waals surface area contributed by atoms with E-state index < -0.39 is 39.7 Å². The highest BCUT2D eigenvalue weighted by atomic mass is 32.2. The molecule has 0 spiro atoms. The van der Waals surface area contributed by atoms with E-state index in [1.165, 1.54) is 0 Å². The van der Waals surface area contributed by atoms with Crippen LogP contribution in [0.25, 0.3) is 11.1 Å². The second-order valence-corrected chi connectivity index (χ2v) is 9.65. The number of rotatable bonds is 10. The van der Waals surface area contributed by atoms with Crippen molar-refractivity contribution in [2.45, 2.75) is 50.8 Å². The topological polar surface area (TPSA) is 136 Å².